The normalized spacial score (nSPS) is 16.4. The van der Waals surface area contributed by atoms with Crippen LogP contribution in [0.2, 0.25) is 5.02 Å². The lowest BCUT2D eigenvalue weighted by atomic mass is 10.1. The third kappa shape index (κ3) is 5.15. The number of nitrogens with zero attached hydrogens (tertiary/aromatic N) is 4. The van der Waals surface area contributed by atoms with Crippen molar-refractivity contribution in [1.82, 2.24) is 14.8 Å². The van der Waals surface area contributed by atoms with E-state index in [1.54, 1.807) is 11.3 Å². The van der Waals surface area contributed by atoms with Crippen LogP contribution in [0, 0.1) is 6.92 Å². The van der Waals surface area contributed by atoms with Crippen LogP contribution in [0.1, 0.15) is 10.6 Å². The molecule has 2 aliphatic heterocycles. The Bertz CT molecular complexity index is 1470. The van der Waals surface area contributed by atoms with E-state index in [2.05, 4.69) is 14.8 Å². The summed E-state index contributed by atoms with van der Waals surface area (Å²) in [5.41, 5.74) is 2.62. The van der Waals surface area contributed by atoms with Crippen molar-refractivity contribution in [2.24, 2.45) is 4.99 Å². The molecule has 0 saturated carbocycles. The summed E-state index contributed by atoms with van der Waals surface area (Å²) in [5.74, 6) is 3.11. The van der Waals surface area contributed by atoms with E-state index in [1.807, 2.05) is 67.6 Å². The zero-order valence-electron chi connectivity index (χ0n) is 20.4. The number of hydrogen-bond donors (Lipinski definition) is 1. The van der Waals surface area contributed by atoms with Crippen LogP contribution < -0.4 is 9.47 Å². The Labute approximate surface area is 224 Å². The lowest BCUT2D eigenvalue weighted by Crippen LogP contribution is -2.51. The summed E-state index contributed by atoms with van der Waals surface area (Å²) in [6.07, 6.45) is -0.592. The van der Waals surface area contributed by atoms with E-state index in [0.29, 0.717) is 11.6 Å². The van der Waals surface area contributed by atoms with Gasteiger partial charge in [-0.3, -0.25) is 4.90 Å². The molecule has 1 fully saturated rings. The van der Waals surface area contributed by atoms with Crippen molar-refractivity contribution >= 4 is 44.7 Å². The Morgan fingerprint density at radius 3 is 2.76 bits per heavy atom. The zero-order valence-corrected chi connectivity index (χ0v) is 22.0. The Hall–Kier alpha value is -3.17. The van der Waals surface area contributed by atoms with E-state index in [1.165, 1.54) is 0 Å². The first-order valence-electron chi connectivity index (χ1n) is 12.3. The number of aliphatic imine (C=N–C) groups is 1. The fourth-order valence-corrected chi connectivity index (χ4v) is 5.82. The lowest BCUT2D eigenvalue weighted by molar-refractivity contribution is 0.0561. The number of amidine groups is 1. The third-order valence-electron chi connectivity index (χ3n) is 6.55. The highest BCUT2D eigenvalue weighted by Crippen LogP contribution is 2.39. The van der Waals surface area contributed by atoms with Gasteiger partial charge in [0.05, 0.1) is 20.8 Å². The monoisotopic (exact) mass is 534 g/mol. The quantitative estimate of drug-likeness (QED) is 0.364. The second-order valence-electron chi connectivity index (χ2n) is 9.24. The molecule has 190 valence electrons. The number of halogens is 1. The first-order chi connectivity index (χ1) is 18.0. The van der Waals surface area contributed by atoms with E-state index < -0.39 is 6.10 Å². The number of aliphatic hydroxyl groups excluding tert-OH is 1. The zero-order chi connectivity index (χ0) is 25.4. The van der Waals surface area contributed by atoms with Crippen molar-refractivity contribution < 1.29 is 14.6 Å². The Kier molecular flexibility index (Phi) is 6.73. The van der Waals surface area contributed by atoms with E-state index in [9.17, 15) is 5.11 Å². The minimum absolute atomic E-state index is 0.239. The number of thiazole rings is 1. The second-order valence-corrected chi connectivity index (χ2v) is 10.9. The summed E-state index contributed by atoms with van der Waals surface area (Å²) in [6.45, 7) is 5.94. The first-order valence-corrected chi connectivity index (χ1v) is 13.5. The van der Waals surface area contributed by atoms with Gasteiger partial charge in [-0.1, -0.05) is 29.8 Å². The predicted octanol–water partition coefficient (Wildman–Crippen LogP) is 5.50. The van der Waals surface area contributed by atoms with E-state index >= 15 is 0 Å². The summed E-state index contributed by atoms with van der Waals surface area (Å²) < 4.78 is 13.2. The number of piperazine rings is 1. The number of rotatable bonds is 5. The Morgan fingerprint density at radius 2 is 1.89 bits per heavy atom. The van der Waals surface area contributed by atoms with Gasteiger partial charge in [-0.15, -0.1) is 11.3 Å². The number of aromatic nitrogens is 1. The smallest absolute Gasteiger partial charge is 0.153 e. The molecule has 37 heavy (non-hydrogen) atoms. The number of aliphatic hydroxyl groups is 1. The highest BCUT2D eigenvalue weighted by Gasteiger charge is 2.27. The fraction of sp³-hybridized carbons (Fsp3) is 0.286. The molecule has 3 aromatic carbocycles. The molecule has 1 saturated heterocycles. The molecule has 0 bridgehead atoms. The largest absolute Gasteiger partial charge is 0.489 e. The first kappa shape index (κ1) is 24.2. The maximum atomic E-state index is 10.7. The predicted molar refractivity (Wildman–Crippen MR) is 148 cm³/mol. The summed E-state index contributed by atoms with van der Waals surface area (Å²) in [7, 11) is 0. The molecule has 1 N–H and O–H groups in total. The van der Waals surface area contributed by atoms with Crippen LogP contribution in [0.4, 0.5) is 5.69 Å². The van der Waals surface area contributed by atoms with Crippen molar-refractivity contribution in [3.05, 3.63) is 76.3 Å². The Morgan fingerprint density at radius 1 is 1.05 bits per heavy atom. The maximum absolute atomic E-state index is 10.7. The van der Waals surface area contributed by atoms with Crippen LogP contribution in [-0.4, -0.2) is 71.2 Å². The average molecular weight is 535 g/mol. The van der Waals surface area contributed by atoms with Gasteiger partial charge >= 0.3 is 0 Å². The van der Waals surface area contributed by atoms with Gasteiger partial charge in [0.15, 0.2) is 5.75 Å². The summed E-state index contributed by atoms with van der Waals surface area (Å²) in [4.78, 5) is 14.0. The molecule has 1 unspecified atom stereocenters. The molecule has 0 amide bonds. The summed E-state index contributed by atoms with van der Waals surface area (Å²) >= 11 is 7.96. The van der Waals surface area contributed by atoms with Crippen LogP contribution in [0.15, 0.2) is 65.7 Å². The van der Waals surface area contributed by atoms with Gasteiger partial charge in [-0.25, -0.2) is 9.98 Å². The minimum Gasteiger partial charge on any atom is -0.489 e. The molecule has 9 heteroatoms. The molecule has 2 aliphatic rings. The van der Waals surface area contributed by atoms with Gasteiger partial charge < -0.3 is 19.5 Å². The molecular weight excluding hydrogens is 508 g/mol. The molecule has 7 nitrogen and oxygen atoms in total. The molecule has 6 rings (SSSR count). The van der Waals surface area contributed by atoms with Crippen LogP contribution in [0.3, 0.4) is 0 Å². The molecule has 0 aliphatic carbocycles. The highest BCUT2D eigenvalue weighted by atomic mass is 35.5. The molecule has 0 spiro atoms. The molecule has 1 aromatic heterocycles. The van der Waals surface area contributed by atoms with Gasteiger partial charge in [0.2, 0.25) is 0 Å². The number of benzene rings is 3. The third-order valence-corrected chi connectivity index (χ3v) is 7.79. The molecule has 1 atom stereocenters. The van der Waals surface area contributed by atoms with Gasteiger partial charge in [0.1, 0.15) is 35.7 Å². The summed E-state index contributed by atoms with van der Waals surface area (Å²) in [6, 6.07) is 19.3. The summed E-state index contributed by atoms with van der Waals surface area (Å²) in [5, 5.41) is 12.4. The van der Waals surface area contributed by atoms with Crippen LogP contribution in [-0.2, 0) is 0 Å². The van der Waals surface area contributed by atoms with E-state index in [4.69, 9.17) is 26.1 Å². The number of ether oxygens (including phenoxy) is 2. The van der Waals surface area contributed by atoms with Crippen molar-refractivity contribution in [2.75, 3.05) is 39.3 Å². The topological polar surface area (TPSA) is 70.4 Å². The molecule has 4 aromatic rings. The van der Waals surface area contributed by atoms with Crippen molar-refractivity contribution in [3.8, 4) is 17.2 Å². The highest BCUT2D eigenvalue weighted by molar-refractivity contribution is 7.18. The second kappa shape index (κ2) is 10.3. The number of hydrogen-bond acceptors (Lipinski definition) is 8. The van der Waals surface area contributed by atoms with Gasteiger partial charge in [-0.2, -0.15) is 0 Å². The number of β-amino-alcohol motifs (C(OH)–C–C–N with tert-alkyl or cyclic N) is 1. The maximum Gasteiger partial charge on any atom is 0.153 e. The van der Waals surface area contributed by atoms with Crippen LogP contribution >= 0.6 is 22.9 Å². The molecule has 3 heterocycles. The molecule has 0 radical (unpaired) electrons. The number of para-hydroxylation sites is 2. The van der Waals surface area contributed by atoms with Crippen LogP contribution in [0.25, 0.3) is 10.2 Å². The average Bonchev–Trinajstić information content (AvgIpc) is 3.21. The number of fused-ring (bicyclic) bond motifs is 3. The van der Waals surface area contributed by atoms with Gasteiger partial charge in [0, 0.05) is 37.7 Å². The standard InChI is InChI=1S/C28H27ClN4O3S/c1-18-30-23-6-4-8-26(27(23)37-18)35-17-20(34)16-32-11-13-33(14-12-32)28-21-15-19(29)9-10-24(21)36-25-7-3-2-5-22(25)31-28/h2-10,15,20,34H,11-14,16-17H2,1H3. The SMILES string of the molecule is Cc1nc2cccc(OCC(O)CN3CCN(C4=Nc5ccccc5Oc5ccc(Cl)cc54)CC3)c2s1. The van der Waals surface area contributed by atoms with E-state index in [-0.39, 0.29) is 6.61 Å². The van der Waals surface area contributed by atoms with E-state index in [0.717, 1.165) is 75.7 Å². The Balaban J connectivity index is 1.11. The van der Waals surface area contributed by atoms with Crippen molar-refractivity contribution in [2.45, 2.75) is 13.0 Å². The lowest BCUT2D eigenvalue weighted by Gasteiger charge is -2.37. The van der Waals surface area contributed by atoms with Gasteiger partial charge in [0.25, 0.3) is 0 Å². The number of aryl methyl sites for hydroxylation is 1. The van der Waals surface area contributed by atoms with Crippen molar-refractivity contribution in [1.29, 1.82) is 0 Å². The fourth-order valence-electron chi connectivity index (χ4n) is 4.76. The van der Waals surface area contributed by atoms with Gasteiger partial charge in [-0.05, 0) is 49.4 Å². The van der Waals surface area contributed by atoms with Crippen molar-refractivity contribution in [3.63, 3.8) is 0 Å². The van der Waals surface area contributed by atoms with Crippen LogP contribution in [0.5, 0.6) is 17.2 Å². The minimum atomic E-state index is -0.592. The molecular formula is C28H27ClN4O3S.